The first-order valence-electron chi connectivity index (χ1n) is 13.1. The summed E-state index contributed by atoms with van der Waals surface area (Å²) in [6, 6.07) is 9.93. The maximum Gasteiger partial charge on any atom is 0.407 e. The van der Waals surface area contributed by atoms with E-state index >= 15 is 0 Å². The van der Waals surface area contributed by atoms with Crippen molar-refractivity contribution in [1.29, 1.82) is 0 Å². The van der Waals surface area contributed by atoms with Gasteiger partial charge in [-0.25, -0.2) is 23.4 Å². The summed E-state index contributed by atoms with van der Waals surface area (Å²) in [5, 5.41) is 9.35. The third-order valence-electron chi connectivity index (χ3n) is 8.19. The van der Waals surface area contributed by atoms with Crippen molar-refractivity contribution in [3.63, 3.8) is 0 Å². The molecule has 0 bridgehead atoms. The summed E-state index contributed by atoms with van der Waals surface area (Å²) in [5.74, 6) is -2.36. The van der Waals surface area contributed by atoms with Gasteiger partial charge in [0.2, 0.25) is 0 Å². The normalized spacial score (nSPS) is 22.0. The molecule has 1 aliphatic carbocycles. The van der Waals surface area contributed by atoms with Crippen LogP contribution in [-0.4, -0.2) is 48.3 Å². The lowest BCUT2D eigenvalue weighted by atomic mass is 9.86. The molecule has 0 unspecified atom stereocenters. The zero-order valence-corrected chi connectivity index (χ0v) is 21.1. The van der Waals surface area contributed by atoms with E-state index in [4.69, 9.17) is 5.73 Å². The number of rotatable bonds is 3. The Balaban J connectivity index is 1.46. The van der Waals surface area contributed by atoms with Gasteiger partial charge in [0.1, 0.15) is 0 Å². The Morgan fingerprint density at radius 1 is 0.923 bits per heavy atom. The van der Waals surface area contributed by atoms with Crippen LogP contribution in [0.2, 0.25) is 0 Å². The van der Waals surface area contributed by atoms with Crippen molar-refractivity contribution in [2.75, 3.05) is 13.1 Å². The molecule has 4 heterocycles. The fraction of sp³-hybridized carbons (Fsp3) is 0.357. The Morgan fingerprint density at radius 2 is 1.64 bits per heavy atom. The molecule has 1 aromatic carbocycles. The van der Waals surface area contributed by atoms with Crippen molar-refractivity contribution in [1.82, 2.24) is 24.0 Å². The number of carbonyl (C=O) groups is 1. The van der Waals surface area contributed by atoms with Crippen LogP contribution < -0.4 is 11.4 Å². The number of aromatic nitrogens is 4. The van der Waals surface area contributed by atoms with Gasteiger partial charge in [-0.1, -0.05) is 18.2 Å². The van der Waals surface area contributed by atoms with Gasteiger partial charge in [0.15, 0.2) is 17.3 Å². The first-order chi connectivity index (χ1) is 18.9. The molecule has 1 fully saturated rings. The lowest BCUT2D eigenvalue weighted by Crippen LogP contribution is -2.40. The molecule has 3 N–H and O–H groups in total. The third kappa shape index (κ3) is 4.17. The summed E-state index contributed by atoms with van der Waals surface area (Å²) >= 11 is 0. The van der Waals surface area contributed by atoms with E-state index in [0.717, 1.165) is 6.07 Å². The summed E-state index contributed by atoms with van der Waals surface area (Å²) in [6.45, 7) is 0.672. The summed E-state index contributed by atoms with van der Waals surface area (Å²) in [5.41, 5.74) is 9.08. The van der Waals surface area contributed by atoms with E-state index in [9.17, 15) is 23.5 Å². The average molecular weight is 535 g/mol. The van der Waals surface area contributed by atoms with Crippen LogP contribution in [-0.2, 0) is 0 Å². The van der Waals surface area contributed by atoms with Crippen LogP contribution in [0.5, 0.6) is 0 Å². The molecular formula is C28H28F2N6O3. The van der Waals surface area contributed by atoms with Crippen molar-refractivity contribution in [2.24, 2.45) is 5.73 Å². The molecule has 1 aliphatic heterocycles. The highest BCUT2D eigenvalue weighted by molar-refractivity contribution is 5.72. The summed E-state index contributed by atoms with van der Waals surface area (Å²) in [6.07, 6.45) is 4.11. The lowest BCUT2D eigenvalue weighted by molar-refractivity contribution is 0.125. The number of benzene rings is 1. The predicted octanol–water partition coefficient (Wildman–Crippen LogP) is 4.35. The molecule has 9 nitrogen and oxygen atoms in total. The second-order valence-electron chi connectivity index (χ2n) is 10.2. The standard InChI is InChI=1S/C28H28F2N6O3/c29-20-6-1-4-17(23(20)30)18-8-9-21(25-19(24(18)31)5-2-12-32-25)36-26-22(7-3-13-33-26)35(27(36)37)16-10-14-34(15-11-16)28(38)39/h1-7,12-13,16,18,21,24H,8-11,14-15,31H2,(H,38,39)/t18-,21+,24-/m0/s1. The van der Waals surface area contributed by atoms with E-state index in [-0.39, 0.29) is 17.3 Å². The summed E-state index contributed by atoms with van der Waals surface area (Å²) < 4.78 is 32.4. The van der Waals surface area contributed by atoms with Gasteiger partial charge in [-0.05, 0) is 61.1 Å². The Labute approximate surface area is 222 Å². The highest BCUT2D eigenvalue weighted by Gasteiger charge is 2.37. The molecule has 1 saturated heterocycles. The van der Waals surface area contributed by atoms with Crippen molar-refractivity contribution in [3.05, 3.63) is 93.8 Å². The van der Waals surface area contributed by atoms with Gasteiger partial charge in [0.25, 0.3) is 0 Å². The van der Waals surface area contributed by atoms with Crippen molar-refractivity contribution < 1.29 is 18.7 Å². The Kier molecular flexibility index (Phi) is 6.38. The molecule has 2 aliphatic rings. The molecular weight excluding hydrogens is 506 g/mol. The van der Waals surface area contributed by atoms with Crippen LogP contribution >= 0.6 is 0 Å². The van der Waals surface area contributed by atoms with Gasteiger partial charge < -0.3 is 15.7 Å². The van der Waals surface area contributed by atoms with E-state index in [1.807, 2.05) is 12.1 Å². The number of carboxylic acid groups (broad SMARTS) is 1. The van der Waals surface area contributed by atoms with E-state index < -0.39 is 35.7 Å². The molecule has 202 valence electrons. The molecule has 0 radical (unpaired) electrons. The van der Waals surface area contributed by atoms with Crippen LogP contribution in [0, 0.1) is 11.6 Å². The number of fused-ring (bicyclic) bond motifs is 2. The Morgan fingerprint density at radius 3 is 2.41 bits per heavy atom. The van der Waals surface area contributed by atoms with E-state index in [2.05, 4.69) is 9.97 Å². The number of hydrogen-bond donors (Lipinski definition) is 2. The maximum atomic E-state index is 14.9. The molecule has 0 saturated carbocycles. The van der Waals surface area contributed by atoms with Crippen LogP contribution in [0.15, 0.2) is 59.7 Å². The van der Waals surface area contributed by atoms with Crippen LogP contribution in [0.3, 0.4) is 0 Å². The minimum atomic E-state index is -0.966. The zero-order valence-electron chi connectivity index (χ0n) is 21.1. The molecule has 11 heteroatoms. The number of pyridine rings is 2. The largest absolute Gasteiger partial charge is 0.465 e. The Bertz CT molecular complexity index is 1610. The van der Waals surface area contributed by atoms with Crippen LogP contribution in [0.4, 0.5) is 13.6 Å². The summed E-state index contributed by atoms with van der Waals surface area (Å²) in [4.78, 5) is 36.1. The number of nitrogens with zero attached hydrogens (tertiary/aromatic N) is 5. The van der Waals surface area contributed by atoms with Crippen molar-refractivity contribution in [3.8, 4) is 0 Å². The molecule has 6 rings (SSSR count). The number of nitrogens with two attached hydrogens (primary N) is 1. The van der Waals surface area contributed by atoms with Gasteiger partial charge >= 0.3 is 11.8 Å². The van der Waals surface area contributed by atoms with Gasteiger partial charge in [-0.2, -0.15) is 0 Å². The average Bonchev–Trinajstić information content (AvgIpc) is 3.16. The first kappa shape index (κ1) is 25.2. The first-order valence-corrected chi connectivity index (χ1v) is 13.1. The lowest BCUT2D eigenvalue weighted by Gasteiger charge is -2.30. The van der Waals surface area contributed by atoms with E-state index in [1.54, 1.807) is 39.7 Å². The van der Waals surface area contributed by atoms with Crippen molar-refractivity contribution in [2.45, 2.75) is 49.7 Å². The Hall–Kier alpha value is -4.12. The van der Waals surface area contributed by atoms with Crippen LogP contribution in [0.25, 0.3) is 11.2 Å². The number of hydrogen-bond acceptors (Lipinski definition) is 5. The van der Waals surface area contributed by atoms with Crippen molar-refractivity contribution >= 4 is 17.3 Å². The van der Waals surface area contributed by atoms with Gasteiger partial charge in [-0.3, -0.25) is 14.1 Å². The molecule has 0 spiro atoms. The minimum absolute atomic E-state index is 0.188. The molecule has 3 atom stereocenters. The quantitative estimate of drug-likeness (QED) is 0.377. The number of piperidine rings is 1. The zero-order chi connectivity index (χ0) is 27.3. The fourth-order valence-electron chi connectivity index (χ4n) is 6.29. The second-order valence-corrected chi connectivity index (χ2v) is 10.2. The molecule has 39 heavy (non-hydrogen) atoms. The van der Waals surface area contributed by atoms with Gasteiger partial charge in [0, 0.05) is 43.5 Å². The van der Waals surface area contributed by atoms with E-state index in [1.165, 1.54) is 11.0 Å². The van der Waals surface area contributed by atoms with Gasteiger partial charge in [-0.15, -0.1) is 0 Å². The second kappa shape index (κ2) is 9.88. The monoisotopic (exact) mass is 534 g/mol. The highest BCUT2D eigenvalue weighted by Crippen LogP contribution is 2.43. The smallest absolute Gasteiger partial charge is 0.407 e. The number of imidazole rings is 1. The predicted molar refractivity (Wildman–Crippen MR) is 139 cm³/mol. The van der Waals surface area contributed by atoms with Gasteiger partial charge in [0.05, 0.1) is 17.3 Å². The summed E-state index contributed by atoms with van der Waals surface area (Å²) in [7, 11) is 0. The third-order valence-corrected chi connectivity index (χ3v) is 8.19. The van der Waals surface area contributed by atoms with Crippen LogP contribution in [0.1, 0.15) is 66.5 Å². The highest BCUT2D eigenvalue weighted by atomic mass is 19.2. The molecule has 3 aromatic heterocycles. The minimum Gasteiger partial charge on any atom is -0.465 e. The number of halogens is 2. The number of amides is 1. The molecule has 4 aromatic rings. The maximum absolute atomic E-state index is 14.9. The topological polar surface area (TPSA) is 119 Å². The number of likely N-dealkylation sites (tertiary alicyclic amines) is 1. The van der Waals surface area contributed by atoms with E-state index in [0.29, 0.717) is 61.2 Å². The molecule has 1 amide bonds. The SMILES string of the molecule is N[C@@H]1c2cccnc2[C@H](n2c(=O)n(C3CCN(C(=O)O)CC3)c3cccnc32)CC[C@H]1c1cccc(F)c1F. The fourth-order valence-corrected chi connectivity index (χ4v) is 6.29.